The summed E-state index contributed by atoms with van der Waals surface area (Å²) in [7, 11) is 0. The van der Waals surface area contributed by atoms with Gasteiger partial charge in [0.05, 0.1) is 6.10 Å². The van der Waals surface area contributed by atoms with E-state index in [0.717, 1.165) is 37.1 Å². The Labute approximate surface area is 144 Å². The second-order valence-corrected chi connectivity index (χ2v) is 6.66. The quantitative estimate of drug-likeness (QED) is 0.833. The molecule has 2 amide bonds. The Kier molecular flexibility index (Phi) is 6.79. The Bertz CT molecular complexity index is 548. The van der Waals surface area contributed by atoms with Gasteiger partial charge in [-0.3, -0.25) is 9.59 Å². The van der Waals surface area contributed by atoms with Crippen molar-refractivity contribution in [3.05, 3.63) is 29.8 Å². The molecule has 1 heterocycles. The molecule has 0 aromatic heterocycles. The second-order valence-electron chi connectivity index (χ2n) is 6.66. The van der Waals surface area contributed by atoms with E-state index < -0.39 is 0 Å². The molecule has 5 nitrogen and oxygen atoms in total. The van der Waals surface area contributed by atoms with Gasteiger partial charge in [0, 0.05) is 38.2 Å². The van der Waals surface area contributed by atoms with Crippen molar-refractivity contribution in [2.75, 3.05) is 11.9 Å². The first-order chi connectivity index (χ1) is 11.5. The van der Waals surface area contributed by atoms with Gasteiger partial charge in [-0.05, 0) is 50.8 Å². The third-order valence-corrected chi connectivity index (χ3v) is 4.34. The Morgan fingerprint density at radius 3 is 2.54 bits per heavy atom. The van der Waals surface area contributed by atoms with Crippen LogP contribution in [0.5, 0.6) is 0 Å². The van der Waals surface area contributed by atoms with E-state index >= 15 is 0 Å². The van der Waals surface area contributed by atoms with E-state index in [1.54, 1.807) is 6.92 Å². The average molecular weight is 332 g/mol. The number of hydrogen-bond donors (Lipinski definition) is 1. The summed E-state index contributed by atoms with van der Waals surface area (Å²) in [6, 6.07) is 7.84. The van der Waals surface area contributed by atoms with Crippen LogP contribution in [0.4, 0.5) is 5.69 Å². The highest BCUT2D eigenvalue weighted by Gasteiger charge is 2.17. The fourth-order valence-corrected chi connectivity index (χ4v) is 2.94. The lowest BCUT2D eigenvalue weighted by molar-refractivity contribution is -0.131. The standard InChI is InChI=1S/C19H28N2O3/c1-14(2)21(15(3)22)13-16-6-8-17(9-7-16)20-19(23)11-10-18-5-4-12-24-18/h6-9,14,18H,4-5,10-13H2,1-3H3,(H,20,23)/t18-/m1/s1. The molecule has 1 aromatic carbocycles. The lowest BCUT2D eigenvalue weighted by Gasteiger charge is -2.25. The molecule has 0 spiro atoms. The van der Waals surface area contributed by atoms with Crippen LogP contribution in [-0.2, 0) is 20.9 Å². The van der Waals surface area contributed by atoms with Crippen LogP contribution in [0.25, 0.3) is 0 Å². The number of carbonyl (C=O) groups excluding carboxylic acids is 2. The Morgan fingerprint density at radius 2 is 2.00 bits per heavy atom. The first-order valence-corrected chi connectivity index (χ1v) is 8.73. The van der Waals surface area contributed by atoms with E-state index in [4.69, 9.17) is 4.74 Å². The average Bonchev–Trinajstić information content (AvgIpc) is 3.05. The summed E-state index contributed by atoms with van der Waals surface area (Å²) in [5, 5.41) is 2.92. The number of hydrogen-bond acceptors (Lipinski definition) is 3. The fraction of sp³-hybridized carbons (Fsp3) is 0.579. The maximum absolute atomic E-state index is 12.0. The largest absolute Gasteiger partial charge is 0.378 e. The minimum atomic E-state index is 0.0193. The molecule has 24 heavy (non-hydrogen) atoms. The first-order valence-electron chi connectivity index (χ1n) is 8.73. The smallest absolute Gasteiger partial charge is 0.224 e. The van der Waals surface area contributed by atoms with E-state index in [-0.39, 0.29) is 24.0 Å². The van der Waals surface area contributed by atoms with E-state index in [2.05, 4.69) is 5.32 Å². The molecule has 1 saturated heterocycles. The molecular formula is C19H28N2O3. The number of anilines is 1. The Balaban J connectivity index is 1.82. The van der Waals surface area contributed by atoms with Gasteiger partial charge in [0.25, 0.3) is 0 Å². The van der Waals surface area contributed by atoms with Crippen LogP contribution in [0.15, 0.2) is 24.3 Å². The second kappa shape index (κ2) is 8.83. The summed E-state index contributed by atoms with van der Waals surface area (Å²) in [5.41, 5.74) is 1.84. The zero-order chi connectivity index (χ0) is 17.5. The number of amides is 2. The molecule has 1 fully saturated rings. The van der Waals surface area contributed by atoms with Crippen molar-refractivity contribution in [1.29, 1.82) is 0 Å². The lowest BCUT2D eigenvalue weighted by atomic mass is 10.1. The summed E-state index contributed by atoms with van der Waals surface area (Å²) in [6.07, 6.45) is 3.67. The van der Waals surface area contributed by atoms with Crippen LogP contribution in [0.3, 0.4) is 0 Å². The van der Waals surface area contributed by atoms with E-state index in [1.807, 2.05) is 43.0 Å². The van der Waals surface area contributed by atoms with Gasteiger partial charge in [-0.2, -0.15) is 0 Å². The van der Waals surface area contributed by atoms with Gasteiger partial charge in [-0.15, -0.1) is 0 Å². The van der Waals surface area contributed by atoms with E-state index in [9.17, 15) is 9.59 Å². The molecule has 2 rings (SSSR count). The van der Waals surface area contributed by atoms with Gasteiger partial charge >= 0.3 is 0 Å². The molecule has 1 aromatic rings. The van der Waals surface area contributed by atoms with Gasteiger partial charge in [0.15, 0.2) is 0 Å². The predicted octanol–water partition coefficient (Wildman–Crippen LogP) is 3.34. The van der Waals surface area contributed by atoms with Gasteiger partial charge < -0.3 is 15.0 Å². The van der Waals surface area contributed by atoms with Gasteiger partial charge in [-0.25, -0.2) is 0 Å². The maximum atomic E-state index is 12.0. The summed E-state index contributed by atoms with van der Waals surface area (Å²) in [5.74, 6) is 0.0855. The Morgan fingerprint density at radius 1 is 1.29 bits per heavy atom. The molecule has 1 atom stereocenters. The van der Waals surface area contributed by atoms with Crippen molar-refractivity contribution in [2.24, 2.45) is 0 Å². The summed E-state index contributed by atoms with van der Waals surface area (Å²) in [4.78, 5) is 25.4. The highest BCUT2D eigenvalue weighted by atomic mass is 16.5. The van der Waals surface area contributed by atoms with Crippen LogP contribution in [0, 0.1) is 0 Å². The summed E-state index contributed by atoms with van der Waals surface area (Å²) < 4.78 is 5.53. The maximum Gasteiger partial charge on any atom is 0.224 e. The normalized spacial score (nSPS) is 17.1. The zero-order valence-electron chi connectivity index (χ0n) is 14.9. The van der Waals surface area contributed by atoms with Crippen molar-refractivity contribution in [3.63, 3.8) is 0 Å². The van der Waals surface area contributed by atoms with Crippen LogP contribution < -0.4 is 5.32 Å². The zero-order valence-corrected chi connectivity index (χ0v) is 14.9. The number of rotatable bonds is 7. The molecule has 1 aliphatic rings. The van der Waals surface area contributed by atoms with Gasteiger partial charge in [-0.1, -0.05) is 12.1 Å². The highest BCUT2D eigenvalue weighted by Crippen LogP contribution is 2.18. The van der Waals surface area contributed by atoms with Crippen LogP contribution in [0.1, 0.15) is 52.0 Å². The number of ether oxygens (including phenoxy) is 1. The third-order valence-electron chi connectivity index (χ3n) is 4.34. The van der Waals surface area contributed by atoms with Crippen LogP contribution >= 0.6 is 0 Å². The summed E-state index contributed by atoms with van der Waals surface area (Å²) >= 11 is 0. The van der Waals surface area contributed by atoms with Gasteiger partial charge in [0.2, 0.25) is 11.8 Å². The topological polar surface area (TPSA) is 58.6 Å². The first kappa shape index (κ1) is 18.5. The summed E-state index contributed by atoms with van der Waals surface area (Å²) in [6.45, 7) is 7.00. The molecule has 0 saturated carbocycles. The molecule has 132 valence electrons. The van der Waals surface area contributed by atoms with Crippen molar-refractivity contribution in [1.82, 2.24) is 4.90 Å². The number of benzene rings is 1. The van der Waals surface area contributed by atoms with E-state index in [1.165, 1.54) is 0 Å². The molecule has 0 bridgehead atoms. The van der Waals surface area contributed by atoms with E-state index in [0.29, 0.717) is 13.0 Å². The molecule has 0 unspecified atom stereocenters. The molecular weight excluding hydrogens is 304 g/mol. The molecule has 5 heteroatoms. The number of nitrogens with one attached hydrogen (secondary N) is 1. The van der Waals surface area contributed by atoms with Crippen molar-refractivity contribution >= 4 is 17.5 Å². The lowest BCUT2D eigenvalue weighted by Crippen LogP contribution is -2.34. The molecule has 0 aliphatic carbocycles. The highest BCUT2D eigenvalue weighted by molar-refractivity contribution is 5.90. The third kappa shape index (κ3) is 5.64. The minimum absolute atomic E-state index is 0.0193. The minimum Gasteiger partial charge on any atom is -0.378 e. The molecule has 1 aliphatic heterocycles. The van der Waals surface area contributed by atoms with Crippen molar-refractivity contribution in [3.8, 4) is 0 Å². The monoisotopic (exact) mass is 332 g/mol. The fourth-order valence-electron chi connectivity index (χ4n) is 2.94. The Hall–Kier alpha value is -1.88. The molecule has 1 N–H and O–H groups in total. The molecule has 0 radical (unpaired) electrons. The van der Waals surface area contributed by atoms with Crippen LogP contribution in [-0.4, -0.2) is 35.5 Å². The number of carbonyl (C=O) groups is 2. The number of nitrogens with zero attached hydrogens (tertiary/aromatic N) is 1. The van der Waals surface area contributed by atoms with Gasteiger partial charge in [0.1, 0.15) is 0 Å². The van der Waals surface area contributed by atoms with Crippen LogP contribution in [0.2, 0.25) is 0 Å². The van der Waals surface area contributed by atoms with Crippen molar-refractivity contribution < 1.29 is 14.3 Å². The predicted molar refractivity (Wildman–Crippen MR) is 94.6 cm³/mol. The van der Waals surface area contributed by atoms with Crippen molar-refractivity contribution in [2.45, 2.75) is 65.1 Å². The SMILES string of the molecule is CC(=O)N(Cc1ccc(NC(=O)CC[C@H]2CCCO2)cc1)C(C)C.